The van der Waals surface area contributed by atoms with Crippen LogP contribution in [0.2, 0.25) is 5.02 Å². The molecule has 0 saturated carbocycles. The van der Waals surface area contributed by atoms with E-state index in [-0.39, 0.29) is 10.8 Å². The number of nitrogens with zero attached hydrogens (tertiary/aromatic N) is 1. The molecule has 0 unspecified atom stereocenters. The maximum absolute atomic E-state index is 13.5. The number of rotatable bonds is 4. The third-order valence-electron chi connectivity index (χ3n) is 2.13. The van der Waals surface area contributed by atoms with Crippen LogP contribution < -0.4 is 5.32 Å². The predicted molar refractivity (Wildman–Crippen MR) is 64.1 cm³/mol. The van der Waals surface area contributed by atoms with Crippen molar-refractivity contribution >= 4 is 22.9 Å². The Labute approximate surface area is 102 Å². The van der Waals surface area contributed by atoms with Crippen LogP contribution >= 0.6 is 22.9 Å². The number of aromatic nitrogens is 1. The molecule has 1 aromatic carbocycles. The maximum Gasteiger partial charge on any atom is 0.146 e. The molecule has 0 saturated heterocycles. The quantitative estimate of drug-likeness (QED) is 0.909. The minimum Gasteiger partial charge on any atom is -0.308 e. The Bertz CT molecular complexity index is 459. The highest BCUT2D eigenvalue weighted by atomic mass is 35.5. The number of thiazole rings is 1. The standard InChI is InChI=1S/C11H10ClFN2S/c12-10-3-1-2-8(11(10)13)4-14-5-9-6-15-7-16-9/h1-3,6-7,14H,4-5H2. The molecule has 2 rings (SSSR count). The zero-order chi connectivity index (χ0) is 11.4. The van der Waals surface area contributed by atoms with E-state index in [9.17, 15) is 4.39 Å². The van der Waals surface area contributed by atoms with E-state index in [1.807, 2.05) is 0 Å². The van der Waals surface area contributed by atoms with Crippen molar-refractivity contribution in [3.8, 4) is 0 Å². The highest BCUT2D eigenvalue weighted by molar-refractivity contribution is 7.09. The predicted octanol–water partition coefficient (Wildman–Crippen LogP) is 3.23. The Morgan fingerprint density at radius 2 is 2.25 bits per heavy atom. The third-order valence-corrected chi connectivity index (χ3v) is 3.20. The van der Waals surface area contributed by atoms with Crippen LogP contribution in [0.1, 0.15) is 10.4 Å². The number of nitrogens with one attached hydrogen (secondary N) is 1. The topological polar surface area (TPSA) is 24.9 Å². The molecule has 5 heteroatoms. The SMILES string of the molecule is Fc1c(Cl)cccc1CNCc1cncs1. The molecule has 0 aliphatic carbocycles. The van der Waals surface area contributed by atoms with E-state index >= 15 is 0 Å². The van der Waals surface area contributed by atoms with Crippen molar-refractivity contribution in [1.29, 1.82) is 0 Å². The van der Waals surface area contributed by atoms with Gasteiger partial charge in [-0.15, -0.1) is 11.3 Å². The van der Waals surface area contributed by atoms with Crippen molar-refractivity contribution in [2.75, 3.05) is 0 Å². The van der Waals surface area contributed by atoms with Gasteiger partial charge in [0, 0.05) is 29.7 Å². The van der Waals surface area contributed by atoms with Gasteiger partial charge in [-0.25, -0.2) is 4.39 Å². The van der Waals surface area contributed by atoms with Crippen LogP contribution in [0.4, 0.5) is 4.39 Å². The molecular weight excluding hydrogens is 247 g/mol. The molecule has 84 valence electrons. The summed E-state index contributed by atoms with van der Waals surface area (Å²) in [7, 11) is 0. The molecule has 0 atom stereocenters. The number of benzene rings is 1. The first-order valence-electron chi connectivity index (χ1n) is 4.78. The van der Waals surface area contributed by atoms with Crippen molar-refractivity contribution in [1.82, 2.24) is 10.3 Å². The zero-order valence-corrected chi connectivity index (χ0v) is 9.98. The Balaban J connectivity index is 1.92. The van der Waals surface area contributed by atoms with Gasteiger partial charge < -0.3 is 5.32 Å². The lowest BCUT2D eigenvalue weighted by atomic mass is 10.2. The van der Waals surface area contributed by atoms with Crippen molar-refractivity contribution in [3.63, 3.8) is 0 Å². The van der Waals surface area contributed by atoms with Gasteiger partial charge in [0.05, 0.1) is 10.5 Å². The van der Waals surface area contributed by atoms with E-state index in [1.165, 1.54) is 0 Å². The smallest absolute Gasteiger partial charge is 0.146 e. The minimum atomic E-state index is -0.346. The molecule has 1 aromatic heterocycles. The second-order valence-corrected chi connectivity index (χ2v) is 4.66. The number of hydrogen-bond donors (Lipinski definition) is 1. The highest BCUT2D eigenvalue weighted by Crippen LogP contribution is 2.17. The van der Waals surface area contributed by atoms with Crippen LogP contribution in [0, 0.1) is 5.82 Å². The van der Waals surface area contributed by atoms with E-state index < -0.39 is 0 Å². The largest absolute Gasteiger partial charge is 0.308 e. The van der Waals surface area contributed by atoms with Gasteiger partial charge in [-0.1, -0.05) is 23.7 Å². The minimum absolute atomic E-state index is 0.164. The summed E-state index contributed by atoms with van der Waals surface area (Å²) < 4.78 is 13.5. The molecule has 16 heavy (non-hydrogen) atoms. The summed E-state index contributed by atoms with van der Waals surface area (Å²) in [6, 6.07) is 5.01. The van der Waals surface area contributed by atoms with Gasteiger partial charge in [-0.3, -0.25) is 4.98 Å². The second-order valence-electron chi connectivity index (χ2n) is 3.28. The number of halogens is 2. The highest BCUT2D eigenvalue weighted by Gasteiger charge is 2.05. The summed E-state index contributed by atoms with van der Waals surface area (Å²) in [4.78, 5) is 5.09. The van der Waals surface area contributed by atoms with E-state index in [1.54, 1.807) is 41.2 Å². The molecule has 0 bridgehead atoms. The monoisotopic (exact) mass is 256 g/mol. The van der Waals surface area contributed by atoms with E-state index in [0.717, 1.165) is 4.88 Å². The molecule has 1 N–H and O–H groups in total. The first kappa shape index (κ1) is 11.5. The van der Waals surface area contributed by atoms with Gasteiger partial charge in [-0.05, 0) is 6.07 Å². The average molecular weight is 257 g/mol. The zero-order valence-electron chi connectivity index (χ0n) is 8.41. The molecule has 0 aliphatic rings. The fraction of sp³-hybridized carbons (Fsp3) is 0.182. The average Bonchev–Trinajstić information content (AvgIpc) is 2.77. The molecular formula is C11H10ClFN2S. The lowest BCUT2D eigenvalue weighted by Gasteiger charge is -2.05. The maximum atomic E-state index is 13.5. The van der Waals surface area contributed by atoms with Crippen molar-refractivity contribution < 1.29 is 4.39 Å². The van der Waals surface area contributed by atoms with Crippen LogP contribution in [-0.4, -0.2) is 4.98 Å². The lowest BCUT2D eigenvalue weighted by molar-refractivity contribution is 0.589. The second kappa shape index (κ2) is 5.39. The molecule has 2 nitrogen and oxygen atoms in total. The summed E-state index contributed by atoms with van der Waals surface area (Å²) >= 11 is 7.25. The Hall–Kier alpha value is -0.970. The lowest BCUT2D eigenvalue weighted by Crippen LogP contribution is -2.13. The van der Waals surface area contributed by atoms with Gasteiger partial charge in [-0.2, -0.15) is 0 Å². The first-order chi connectivity index (χ1) is 7.77. The van der Waals surface area contributed by atoms with Crippen LogP contribution in [-0.2, 0) is 13.1 Å². The van der Waals surface area contributed by atoms with Crippen molar-refractivity contribution in [2.24, 2.45) is 0 Å². The third kappa shape index (κ3) is 2.78. The molecule has 0 aliphatic heterocycles. The Morgan fingerprint density at radius 3 is 3.00 bits per heavy atom. The van der Waals surface area contributed by atoms with Gasteiger partial charge in [0.15, 0.2) is 0 Å². The van der Waals surface area contributed by atoms with Gasteiger partial charge in [0.1, 0.15) is 5.82 Å². The summed E-state index contributed by atoms with van der Waals surface area (Å²) in [5.41, 5.74) is 2.36. The van der Waals surface area contributed by atoms with E-state index in [2.05, 4.69) is 10.3 Å². The van der Waals surface area contributed by atoms with Crippen LogP contribution in [0.25, 0.3) is 0 Å². The molecule has 0 spiro atoms. The molecule has 0 radical (unpaired) electrons. The first-order valence-corrected chi connectivity index (χ1v) is 6.04. The molecule has 2 aromatic rings. The van der Waals surface area contributed by atoms with Crippen molar-refractivity contribution in [3.05, 3.63) is 51.2 Å². The fourth-order valence-corrected chi connectivity index (χ4v) is 2.09. The van der Waals surface area contributed by atoms with E-state index in [0.29, 0.717) is 18.7 Å². The van der Waals surface area contributed by atoms with Crippen LogP contribution in [0.3, 0.4) is 0 Å². The summed E-state index contributed by atoms with van der Waals surface area (Å²) in [5, 5.41) is 3.31. The van der Waals surface area contributed by atoms with Gasteiger partial charge in [0.2, 0.25) is 0 Å². The molecule has 1 heterocycles. The normalized spacial score (nSPS) is 10.6. The van der Waals surface area contributed by atoms with Crippen LogP contribution in [0.5, 0.6) is 0 Å². The molecule has 0 amide bonds. The summed E-state index contributed by atoms with van der Waals surface area (Å²) in [6.07, 6.45) is 1.80. The fourth-order valence-electron chi connectivity index (χ4n) is 1.33. The van der Waals surface area contributed by atoms with Gasteiger partial charge >= 0.3 is 0 Å². The Kier molecular flexibility index (Phi) is 3.88. The molecule has 0 fully saturated rings. The Morgan fingerprint density at radius 1 is 1.38 bits per heavy atom. The van der Waals surface area contributed by atoms with Crippen molar-refractivity contribution in [2.45, 2.75) is 13.1 Å². The summed E-state index contributed by atoms with van der Waals surface area (Å²) in [5.74, 6) is -0.346. The van der Waals surface area contributed by atoms with Gasteiger partial charge in [0.25, 0.3) is 0 Å². The van der Waals surface area contributed by atoms with Crippen LogP contribution in [0.15, 0.2) is 29.9 Å². The van der Waals surface area contributed by atoms with E-state index in [4.69, 9.17) is 11.6 Å². The number of hydrogen-bond acceptors (Lipinski definition) is 3. The summed E-state index contributed by atoms with van der Waals surface area (Å²) in [6.45, 7) is 1.15.